The van der Waals surface area contributed by atoms with Gasteiger partial charge in [0.15, 0.2) is 0 Å². The number of likely N-dealkylation sites (tertiary alicyclic amines) is 1. The van der Waals surface area contributed by atoms with Crippen LogP contribution in [0.5, 0.6) is 5.75 Å². The number of carbonyl (C=O) groups is 1. The number of hydrogen-bond acceptors (Lipinski definition) is 4. The SMILES string of the molecule is CN(C)c1cccc(OCC2CCN(C(=O)OC(C)(C)C)CC2)c1. The molecule has 2 rings (SSSR count). The minimum Gasteiger partial charge on any atom is -0.493 e. The molecule has 5 nitrogen and oxygen atoms in total. The van der Waals surface area contributed by atoms with Crippen molar-refractivity contribution in [1.29, 1.82) is 0 Å². The van der Waals surface area contributed by atoms with Gasteiger partial charge in [0.25, 0.3) is 0 Å². The van der Waals surface area contributed by atoms with Crippen LogP contribution in [0.15, 0.2) is 24.3 Å². The summed E-state index contributed by atoms with van der Waals surface area (Å²) in [6, 6.07) is 8.11. The molecule has 0 bridgehead atoms. The largest absolute Gasteiger partial charge is 0.493 e. The fourth-order valence-electron chi connectivity index (χ4n) is 2.67. The fourth-order valence-corrected chi connectivity index (χ4v) is 2.67. The molecule has 0 atom stereocenters. The maximum Gasteiger partial charge on any atom is 0.410 e. The lowest BCUT2D eigenvalue weighted by molar-refractivity contribution is 0.0165. The van der Waals surface area contributed by atoms with Crippen molar-refractivity contribution >= 4 is 11.8 Å². The molecule has 5 heteroatoms. The van der Waals surface area contributed by atoms with Crippen LogP contribution < -0.4 is 9.64 Å². The summed E-state index contributed by atoms with van der Waals surface area (Å²) in [7, 11) is 4.04. The van der Waals surface area contributed by atoms with Gasteiger partial charge in [0.1, 0.15) is 11.4 Å². The van der Waals surface area contributed by atoms with Crippen LogP contribution in [0.3, 0.4) is 0 Å². The van der Waals surface area contributed by atoms with Crippen LogP contribution in [0.1, 0.15) is 33.6 Å². The Bertz CT molecular complexity index is 544. The molecule has 1 aromatic rings. The molecular formula is C19H30N2O3. The van der Waals surface area contributed by atoms with Gasteiger partial charge in [-0.25, -0.2) is 4.79 Å². The molecular weight excluding hydrogens is 304 g/mol. The predicted molar refractivity (Wildman–Crippen MR) is 96.8 cm³/mol. The summed E-state index contributed by atoms with van der Waals surface area (Å²) < 4.78 is 11.4. The lowest BCUT2D eigenvalue weighted by atomic mass is 9.98. The van der Waals surface area contributed by atoms with Crippen molar-refractivity contribution in [2.75, 3.05) is 38.7 Å². The molecule has 1 fully saturated rings. The first-order chi connectivity index (χ1) is 11.2. The minimum absolute atomic E-state index is 0.208. The van der Waals surface area contributed by atoms with E-state index in [9.17, 15) is 4.79 Å². The highest BCUT2D eigenvalue weighted by atomic mass is 16.6. The summed E-state index contributed by atoms with van der Waals surface area (Å²) >= 11 is 0. The molecule has 134 valence electrons. The van der Waals surface area contributed by atoms with E-state index in [4.69, 9.17) is 9.47 Å². The first-order valence-electron chi connectivity index (χ1n) is 8.63. The summed E-state index contributed by atoms with van der Waals surface area (Å²) in [4.78, 5) is 15.9. The van der Waals surface area contributed by atoms with Crippen molar-refractivity contribution in [3.05, 3.63) is 24.3 Å². The molecule has 0 spiro atoms. The topological polar surface area (TPSA) is 42.0 Å². The number of piperidine rings is 1. The third-order valence-corrected chi connectivity index (χ3v) is 4.09. The Hall–Kier alpha value is -1.91. The second-order valence-electron chi connectivity index (χ2n) is 7.61. The number of ether oxygens (including phenoxy) is 2. The molecule has 0 aliphatic carbocycles. The summed E-state index contributed by atoms with van der Waals surface area (Å²) in [6.07, 6.45) is 1.69. The second kappa shape index (κ2) is 7.77. The average molecular weight is 334 g/mol. The second-order valence-corrected chi connectivity index (χ2v) is 7.61. The highest BCUT2D eigenvalue weighted by Crippen LogP contribution is 2.23. The number of nitrogens with zero attached hydrogens (tertiary/aromatic N) is 2. The van der Waals surface area contributed by atoms with Gasteiger partial charge in [-0.3, -0.25) is 0 Å². The summed E-state index contributed by atoms with van der Waals surface area (Å²) in [6.45, 7) is 7.86. The van der Waals surface area contributed by atoms with Gasteiger partial charge in [-0.2, -0.15) is 0 Å². The lowest BCUT2D eigenvalue weighted by Crippen LogP contribution is -2.42. The molecule has 0 N–H and O–H groups in total. The van der Waals surface area contributed by atoms with E-state index < -0.39 is 5.60 Å². The summed E-state index contributed by atoms with van der Waals surface area (Å²) in [5.41, 5.74) is 0.696. The molecule has 1 heterocycles. The maximum atomic E-state index is 12.1. The van der Waals surface area contributed by atoms with Crippen molar-refractivity contribution in [2.24, 2.45) is 5.92 Å². The van der Waals surface area contributed by atoms with Gasteiger partial charge in [0.05, 0.1) is 6.61 Å². The molecule has 1 aliphatic rings. The first-order valence-corrected chi connectivity index (χ1v) is 8.63. The van der Waals surface area contributed by atoms with Crippen LogP contribution in [-0.4, -0.2) is 50.4 Å². The van der Waals surface area contributed by atoms with Crippen LogP contribution in [0, 0.1) is 5.92 Å². The molecule has 0 aromatic heterocycles. The average Bonchev–Trinajstić information content (AvgIpc) is 2.52. The van der Waals surface area contributed by atoms with E-state index in [2.05, 4.69) is 17.0 Å². The highest BCUT2D eigenvalue weighted by Gasteiger charge is 2.27. The van der Waals surface area contributed by atoms with Crippen molar-refractivity contribution in [1.82, 2.24) is 4.90 Å². The Morgan fingerprint density at radius 1 is 1.25 bits per heavy atom. The first kappa shape index (κ1) is 18.4. The standard InChI is InChI=1S/C19H30N2O3/c1-19(2,3)24-18(22)21-11-9-15(10-12-21)14-23-17-8-6-7-16(13-17)20(4)5/h6-8,13,15H,9-12,14H2,1-5H3. The zero-order valence-corrected chi connectivity index (χ0v) is 15.5. The Morgan fingerprint density at radius 2 is 1.92 bits per heavy atom. The molecule has 24 heavy (non-hydrogen) atoms. The molecule has 1 amide bonds. The van der Waals surface area contributed by atoms with E-state index in [0.717, 1.165) is 37.4 Å². The van der Waals surface area contributed by atoms with Gasteiger partial charge in [0, 0.05) is 38.9 Å². The van der Waals surface area contributed by atoms with Crippen molar-refractivity contribution < 1.29 is 14.3 Å². The Kier molecular flexibility index (Phi) is 5.97. The van der Waals surface area contributed by atoms with Gasteiger partial charge in [-0.15, -0.1) is 0 Å². The van der Waals surface area contributed by atoms with Gasteiger partial charge < -0.3 is 19.3 Å². The van der Waals surface area contributed by atoms with E-state index in [0.29, 0.717) is 12.5 Å². The summed E-state index contributed by atoms with van der Waals surface area (Å²) in [5, 5.41) is 0. The number of anilines is 1. The third-order valence-electron chi connectivity index (χ3n) is 4.09. The van der Waals surface area contributed by atoms with Crippen molar-refractivity contribution in [3.63, 3.8) is 0 Å². The molecule has 0 unspecified atom stereocenters. The fraction of sp³-hybridized carbons (Fsp3) is 0.632. The van der Waals surface area contributed by atoms with E-state index in [1.807, 2.05) is 47.0 Å². The van der Waals surface area contributed by atoms with Crippen LogP contribution in [0.2, 0.25) is 0 Å². The van der Waals surface area contributed by atoms with Gasteiger partial charge in [-0.05, 0) is 51.7 Å². The molecule has 1 aromatic carbocycles. The predicted octanol–water partition coefficient (Wildman–Crippen LogP) is 3.78. The van der Waals surface area contributed by atoms with E-state index in [-0.39, 0.29) is 6.09 Å². The molecule has 0 saturated carbocycles. The van der Waals surface area contributed by atoms with Crippen molar-refractivity contribution in [3.8, 4) is 5.75 Å². The van der Waals surface area contributed by atoms with Crippen LogP contribution in [0.4, 0.5) is 10.5 Å². The van der Waals surface area contributed by atoms with E-state index in [1.54, 1.807) is 4.90 Å². The smallest absolute Gasteiger partial charge is 0.410 e. The lowest BCUT2D eigenvalue weighted by Gasteiger charge is -2.33. The Balaban J connectivity index is 1.77. The number of hydrogen-bond donors (Lipinski definition) is 0. The van der Waals surface area contributed by atoms with Crippen LogP contribution >= 0.6 is 0 Å². The van der Waals surface area contributed by atoms with E-state index >= 15 is 0 Å². The quantitative estimate of drug-likeness (QED) is 0.840. The number of rotatable bonds is 4. The van der Waals surface area contributed by atoms with Gasteiger partial charge in [-0.1, -0.05) is 6.07 Å². The third kappa shape index (κ3) is 5.62. The zero-order valence-electron chi connectivity index (χ0n) is 15.5. The number of benzene rings is 1. The van der Waals surface area contributed by atoms with Crippen molar-refractivity contribution in [2.45, 2.75) is 39.2 Å². The van der Waals surface area contributed by atoms with Crippen LogP contribution in [0.25, 0.3) is 0 Å². The normalized spacial score (nSPS) is 16.0. The Labute approximate surface area is 145 Å². The molecule has 1 aliphatic heterocycles. The summed E-state index contributed by atoms with van der Waals surface area (Å²) in [5.74, 6) is 1.38. The molecule has 0 radical (unpaired) electrons. The van der Waals surface area contributed by atoms with Gasteiger partial charge >= 0.3 is 6.09 Å². The maximum absolute atomic E-state index is 12.1. The molecule has 1 saturated heterocycles. The Morgan fingerprint density at radius 3 is 2.50 bits per heavy atom. The number of carbonyl (C=O) groups excluding carboxylic acids is 1. The highest BCUT2D eigenvalue weighted by molar-refractivity contribution is 5.68. The minimum atomic E-state index is -0.436. The van der Waals surface area contributed by atoms with Gasteiger partial charge in [0.2, 0.25) is 0 Å². The monoisotopic (exact) mass is 334 g/mol. The number of amides is 1. The zero-order chi connectivity index (χ0) is 17.7. The van der Waals surface area contributed by atoms with E-state index in [1.165, 1.54) is 0 Å². The van der Waals surface area contributed by atoms with Crippen LogP contribution in [-0.2, 0) is 4.74 Å².